The molecule has 1 rings (SSSR count). The monoisotopic (exact) mass is 183 g/mol. The van der Waals surface area contributed by atoms with Gasteiger partial charge in [-0.05, 0) is 19.3 Å². The van der Waals surface area contributed by atoms with E-state index in [-0.39, 0.29) is 12.0 Å². The Morgan fingerprint density at radius 2 is 2.23 bits per heavy atom. The molecule has 0 aromatic rings. The molecule has 0 spiro atoms. The summed E-state index contributed by atoms with van der Waals surface area (Å²) in [5.74, 6) is 0.744. The standard InChI is InChI=1S/C11H21NO/c1-2-3-4-5-9-8-10(12)6-7-11(9)13/h9-10H,2-8,12H2,1H3. The Bertz CT molecular complexity index is 167. The predicted octanol–water partition coefficient (Wildman–Crippen LogP) is 2.26. The van der Waals surface area contributed by atoms with Gasteiger partial charge in [0.25, 0.3) is 0 Å². The van der Waals surface area contributed by atoms with Crippen LogP contribution in [0.1, 0.15) is 51.9 Å². The molecule has 2 unspecified atom stereocenters. The van der Waals surface area contributed by atoms with Gasteiger partial charge in [0.1, 0.15) is 5.78 Å². The molecule has 2 nitrogen and oxygen atoms in total. The van der Waals surface area contributed by atoms with Gasteiger partial charge in [-0.25, -0.2) is 0 Å². The third-order valence-electron chi connectivity index (χ3n) is 2.96. The molecule has 76 valence electrons. The van der Waals surface area contributed by atoms with Crippen molar-refractivity contribution in [3.8, 4) is 0 Å². The average Bonchev–Trinajstić information content (AvgIpc) is 2.11. The quantitative estimate of drug-likeness (QED) is 0.679. The van der Waals surface area contributed by atoms with Crippen molar-refractivity contribution in [2.45, 2.75) is 57.9 Å². The highest BCUT2D eigenvalue weighted by Crippen LogP contribution is 2.24. The van der Waals surface area contributed by atoms with Crippen molar-refractivity contribution >= 4 is 5.78 Å². The fourth-order valence-corrected chi connectivity index (χ4v) is 2.07. The van der Waals surface area contributed by atoms with Crippen LogP contribution in [0.2, 0.25) is 0 Å². The number of Topliss-reactive ketones (excluding diaryl/α,β-unsaturated/α-hetero) is 1. The lowest BCUT2D eigenvalue weighted by Crippen LogP contribution is -2.33. The van der Waals surface area contributed by atoms with E-state index in [1.54, 1.807) is 0 Å². The van der Waals surface area contributed by atoms with Crippen LogP contribution < -0.4 is 5.73 Å². The summed E-state index contributed by atoms with van der Waals surface area (Å²) >= 11 is 0. The fourth-order valence-electron chi connectivity index (χ4n) is 2.07. The normalized spacial score (nSPS) is 29.2. The second-order valence-corrected chi connectivity index (χ2v) is 4.19. The van der Waals surface area contributed by atoms with Gasteiger partial charge in [0.2, 0.25) is 0 Å². The second kappa shape index (κ2) is 5.38. The van der Waals surface area contributed by atoms with Gasteiger partial charge in [0, 0.05) is 18.4 Å². The minimum atomic E-state index is 0.282. The van der Waals surface area contributed by atoms with E-state index in [0.29, 0.717) is 5.78 Å². The number of rotatable bonds is 4. The lowest BCUT2D eigenvalue weighted by molar-refractivity contribution is -0.125. The molecule has 0 amide bonds. The fraction of sp³-hybridized carbons (Fsp3) is 0.909. The molecule has 0 radical (unpaired) electrons. The van der Waals surface area contributed by atoms with Crippen molar-refractivity contribution in [1.29, 1.82) is 0 Å². The molecular weight excluding hydrogens is 162 g/mol. The van der Waals surface area contributed by atoms with Crippen LogP contribution in [0.3, 0.4) is 0 Å². The topological polar surface area (TPSA) is 43.1 Å². The third kappa shape index (κ3) is 3.47. The van der Waals surface area contributed by atoms with Crippen LogP contribution in [0.4, 0.5) is 0 Å². The van der Waals surface area contributed by atoms with Gasteiger partial charge >= 0.3 is 0 Å². The number of unbranched alkanes of at least 4 members (excludes halogenated alkanes) is 2. The number of carbonyl (C=O) groups is 1. The zero-order valence-electron chi connectivity index (χ0n) is 8.59. The summed E-state index contributed by atoms with van der Waals surface area (Å²) in [5, 5.41) is 0. The first-order valence-electron chi connectivity index (χ1n) is 5.52. The summed E-state index contributed by atoms with van der Waals surface area (Å²) in [6.45, 7) is 2.19. The zero-order valence-corrected chi connectivity index (χ0v) is 8.59. The molecule has 0 aliphatic heterocycles. The minimum absolute atomic E-state index is 0.282. The molecule has 13 heavy (non-hydrogen) atoms. The Hall–Kier alpha value is -0.370. The Morgan fingerprint density at radius 1 is 1.46 bits per heavy atom. The van der Waals surface area contributed by atoms with Gasteiger partial charge in [-0.15, -0.1) is 0 Å². The van der Waals surface area contributed by atoms with E-state index in [4.69, 9.17) is 5.73 Å². The highest BCUT2D eigenvalue weighted by atomic mass is 16.1. The number of hydrogen-bond donors (Lipinski definition) is 1. The van der Waals surface area contributed by atoms with E-state index in [2.05, 4.69) is 6.92 Å². The minimum Gasteiger partial charge on any atom is -0.328 e. The van der Waals surface area contributed by atoms with E-state index in [1.807, 2.05) is 0 Å². The van der Waals surface area contributed by atoms with Crippen molar-refractivity contribution in [2.75, 3.05) is 0 Å². The molecular formula is C11H21NO. The maximum Gasteiger partial charge on any atom is 0.136 e. The van der Waals surface area contributed by atoms with Gasteiger partial charge in [-0.1, -0.05) is 26.2 Å². The Balaban J connectivity index is 2.25. The summed E-state index contributed by atoms with van der Waals surface area (Å²) in [5.41, 5.74) is 5.84. The summed E-state index contributed by atoms with van der Waals surface area (Å²) in [7, 11) is 0. The van der Waals surface area contributed by atoms with Crippen LogP contribution in [0.25, 0.3) is 0 Å². The molecule has 0 aromatic heterocycles. The molecule has 0 heterocycles. The largest absolute Gasteiger partial charge is 0.328 e. The summed E-state index contributed by atoms with van der Waals surface area (Å²) in [6.07, 6.45) is 7.30. The van der Waals surface area contributed by atoms with Gasteiger partial charge in [-0.3, -0.25) is 4.79 Å². The first-order chi connectivity index (χ1) is 6.24. The lowest BCUT2D eigenvalue weighted by atomic mass is 9.82. The van der Waals surface area contributed by atoms with Crippen molar-refractivity contribution < 1.29 is 4.79 Å². The van der Waals surface area contributed by atoms with Gasteiger partial charge in [0.05, 0.1) is 0 Å². The van der Waals surface area contributed by atoms with Crippen LogP contribution in [-0.4, -0.2) is 11.8 Å². The van der Waals surface area contributed by atoms with Crippen LogP contribution in [-0.2, 0) is 4.79 Å². The molecule has 0 aromatic carbocycles. The van der Waals surface area contributed by atoms with E-state index < -0.39 is 0 Å². The summed E-state index contributed by atoms with van der Waals surface area (Å²) < 4.78 is 0. The smallest absolute Gasteiger partial charge is 0.136 e. The van der Waals surface area contributed by atoms with E-state index in [0.717, 1.165) is 25.7 Å². The molecule has 2 N–H and O–H groups in total. The molecule has 2 heteroatoms. The van der Waals surface area contributed by atoms with Crippen LogP contribution in [0.5, 0.6) is 0 Å². The lowest BCUT2D eigenvalue weighted by Gasteiger charge is -2.25. The third-order valence-corrected chi connectivity index (χ3v) is 2.96. The van der Waals surface area contributed by atoms with E-state index in [9.17, 15) is 4.79 Å². The predicted molar refractivity (Wildman–Crippen MR) is 54.5 cm³/mol. The average molecular weight is 183 g/mol. The first kappa shape index (κ1) is 10.7. The highest BCUT2D eigenvalue weighted by Gasteiger charge is 2.25. The summed E-state index contributed by atoms with van der Waals surface area (Å²) in [4.78, 5) is 11.5. The first-order valence-corrected chi connectivity index (χ1v) is 5.52. The summed E-state index contributed by atoms with van der Waals surface area (Å²) in [6, 6.07) is 0.282. The number of nitrogens with two attached hydrogens (primary N) is 1. The second-order valence-electron chi connectivity index (χ2n) is 4.19. The Labute approximate surface area is 80.9 Å². The number of ketones is 1. The molecule has 1 aliphatic carbocycles. The van der Waals surface area contributed by atoms with Crippen molar-refractivity contribution in [1.82, 2.24) is 0 Å². The molecule has 0 bridgehead atoms. The molecule has 0 saturated heterocycles. The molecule has 1 fully saturated rings. The van der Waals surface area contributed by atoms with E-state index in [1.165, 1.54) is 19.3 Å². The van der Waals surface area contributed by atoms with Crippen LogP contribution in [0, 0.1) is 5.92 Å². The van der Waals surface area contributed by atoms with E-state index >= 15 is 0 Å². The van der Waals surface area contributed by atoms with Crippen molar-refractivity contribution in [3.05, 3.63) is 0 Å². The number of hydrogen-bond acceptors (Lipinski definition) is 2. The van der Waals surface area contributed by atoms with Gasteiger partial charge in [0.15, 0.2) is 0 Å². The Kier molecular flexibility index (Phi) is 4.43. The van der Waals surface area contributed by atoms with Crippen LogP contribution in [0.15, 0.2) is 0 Å². The van der Waals surface area contributed by atoms with Crippen molar-refractivity contribution in [3.63, 3.8) is 0 Å². The number of carbonyl (C=O) groups excluding carboxylic acids is 1. The molecule has 1 saturated carbocycles. The highest BCUT2D eigenvalue weighted by molar-refractivity contribution is 5.81. The maximum absolute atomic E-state index is 11.5. The molecule has 2 atom stereocenters. The van der Waals surface area contributed by atoms with Crippen molar-refractivity contribution in [2.24, 2.45) is 11.7 Å². The zero-order chi connectivity index (χ0) is 9.68. The van der Waals surface area contributed by atoms with Gasteiger partial charge < -0.3 is 5.73 Å². The maximum atomic E-state index is 11.5. The molecule has 1 aliphatic rings. The SMILES string of the molecule is CCCCCC1CC(N)CCC1=O. The Morgan fingerprint density at radius 3 is 2.92 bits per heavy atom. The van der Waals surface area contributed by atoms with Crippen LogP contribution >= 0.6 is 0 Å². The van der Waals surface area contributed by atoms with Gasteiger partial charge in [-0.2, -0.15) is 0 Å².